The number of aliphatic hydroxyl groups is 1. The van der Waals surface area contributed by atoms with Crippen molar-refractivity contribution in [2.45, 2.75) is 169 Å². The monoisotopic (exact) mass is 1760 g/mol. The Bertz CT molecular complexity index is 4710. The summed E-state index contributed by atoms with van der Waals surface area (Å²) in [4.78, 5) is 65.6. The van der Waals surface area contributed by atoms with Crippen LogP contribution in [0.5, 0.6) is 0 Å². The minimum absolute atomic E-state index is 0. The highest BCUT2D eigenvalue weighted by atomic mass is 35.5. The van der Waals surface area contributed by atoms with Crippen molar-refractivity contribution in [3.63, 3.8) is 0 Å². The molecule has 0 radical (unpaired) electrons. The van der Waals surface area contributed by atoms with Crippen LogP contribution in [0.15, 0.2) is 273 Å². The molecule has 14 nitrogen and oxygen atoms in total. The van der Waals surface area contributed by atoms with Crippen LogP contribution in [0.3, 0.4) is 0 Å². The highest BCUT2D eigenvalue weighted by Gasteiger charge is 2.46. The molecule has 0 aromatic heterocycles. The maximum absolute atomic E-state index is 13.5. The van der Waals surface area contributed by atoms with E-state index in [4.69, 9.17) is 89.9 Å². The molecule has 5 fully saturated rings. The molecular weight excluding hydrogens is 1650 g/mol. The minimum Gasteiger partial charge on any atom is -0.481 e. The van der Waals surface area contributed by atoms with Crippen molar-refractivity contribution < 1.29 is 63.6 Å². The summed E-state index contributed by atoms with van der Waals surface area (Å²) < 4.78 is 42.0. The maximum Gasteiger partial charge on any atom is 0.319 e. The fourth-order valence-corrected chi connectivity index (χ4v) is 16.8. The number of carbonyl (C=O) groups is 5. The van der Waals surface area contributed by atoms with Crippen LogP contribution in [0, 0.1) is 0 Å². The molecule has 4 bridgehead atoms. The van der Waals surface area contributed by atoms with Crippen LogP contribution >= 0.6 is 69.6 Å². The van der Waals surface area contributed by atoms with Crippen LogP contribution in [0.25, 0.3) is 0 Å². The van der Waals surface area contributed by atoms with Gasteiger partial charge in [0.2, 0.25) is 0 Å². The molecule has 0 amide bonds. The smallest absolute Gasteiger partial charge is 0.319 e. The number of esters is 4. The zero-order valence-corrected chi connectivity index (χ0v) is 72.9. The number of benzene rings is 10. The summed E-state index contributed by atoms with van der Waals surface area (Å²) in [5, 5.41) is 23.2. The molecule has 0 saturated carbocycles. The third-order valence-electron chi connectivity index (χ3n) is 22.0. The number of halogens is 7. The number of methoxy groups -OCH3 is 2. The van der Waals surface area contributed by atoms with Gasteiger partial charge in [-0.1, -0.05) is 278 Å². The molecule has 0 aliphatic carbocycles. The lowest BCUT2D eigenvalue weighted by Crippen LogP contribution is -2.48. The lowest BCUT2D eigenvalue weighted by molar-refractivity contribution is -0.161. The second kappa shape index (κ2) is 53.2. The van der Waals surface area contributed by atoms with Gasteiger partial charge in [-0.25, -0.2) is 0 Å². The van der Waals surface area contributed by atoms with Gasteiger partial charge in [0.1, 0.15) is 17.6 Å². The number of carboxylic acids is 1. The summed E-state index contributed by atoms with van der Waals surface area (Å²) in [7, 11) is 6.18. The summed E-state index contributed by atoms with van der Waals surface area (Å²) in [6.45, 7) is 1.68. The SMILES string of the molecule is C.C1CCOC1.CN1C2CCC1CC(OC(=O)C(CO)(Cc1cccc(Cl)c1)c1ccccc1)C2.CN1C2CCC1CC(OC(=O)C(Cc1cccc(Cl)c1)c1ccccc1)C2.COC(=O)C(Cc1cccc(Cl)c1)c1ccccc1.COC(=O)Cc1ccccc1.ClCc1cccc(Cl)c1.O=C(O)C(Cc1cccc(Cl)c1)c1ccccc1.[2H]CF. The molecule has 21 heteroatoms. The fraction of sp³-hybridized carbons (Fsp3) is 0.350. The summed E-state index contributed by atoms with van der Waals surface area (Å²) in [6, 6.07) is 87.5. The Labute approximate surface area is 745 Å². The number of ether oxygens (including phenoxy) is 5. The highest BCUT2D eigenvalue weighted by molar-refractivity contribution is 6.32. The molecule has 5 aliphatic rings. The number of rotatable bonds is 22. The quantitative estimate of drug-likeness (QED) is 0.0372. The number of nitrogens with zero attached hydrogens (tertiary/aromatic N) is 2. The van der Waals surface area contributed by atoms with Crippen LogP contribution in [0.1, 0.15) is 146 Å². The third-order valence-corrected chi connectivity index (χ3v) is 23.5. The second-order valence-electron chi connectivity index (χ2n) is 30.1. The first-order valence-corrected chi connectivity index (χ1v) is 42.8. The fourth-order valence-electron chi connectivity index (χ4n) is 15.6. The molecule has 5 aliphatic heterocycles. The van der Waals surface area contributed by atoms with E-state index in [0.717, 1.165) is 99.6 Å². The van der Waals surface area contributed by atoms with Crippen molar-refractivity contribution in [1.29, 1.82) is 0 Å². The number of piperidine rings is 2. The van der Waals surface area contributed by atoms with E-state index in [9.17, 15) is 38.6 Å². The third kappa shape index (κ3) is 32.4. The Hall–Kier alpha value is -8.94. The van der Waals surface area contributed by atoms with E-state index in [-0.39, 0.29) is 62.0 Å². The number of hydrogen-bond donors (Lipinski definition) is 2. The molecule has 8 unspecified atom stereocenters. The predicted octanol–water partition coefficient (Wildman–Crippen LogP) is 22.9. The van der Waals surface area contributed by atoms with Crippen LogP contribution in [0.2, 0.25) is 25.1 Å². The van der Waals surface area contributed by atoms with Crippen LogP contribution < -0.4 is 0 Å². The van der Waals surface area contributed by atoms with Crippen molar-refractivity contribution in [3.05, 3.63) is 354 Å². The molecule has 8 atom stereocenters. The Morgan fingerprint density at radius 3 is 1.14 bits per heavy atom. The van der Waals surface area contributed by atoms with Gasteiger partial charge < -0.3 is 43.7 Å². The van der Waals surface area contributed by atoms with E-state index >= 15 is 0 Å². The van der Waals surface area contributed by atoms with Gasteiger partial charge in [-0.2, -0.15) is 0 Å². The Balaban J connectivity index is 0.000000204. The Kier molecular flexibility index (Phi) is 42.8. The first kappa shape index (κ1) is 97.5. The van der Waals surface area contributed by atoms with Gasteiger partial charge in [-0.05, 0) is 220 Å². The van der Waals surface area contributed by atoms with Crippen LogP contribution in [0.4, 0.5) is 4.39 Å². The number of hydrogen-bond acceptors (Lipinski definition) is 13. The molecule has 15 rings (SSSR count). The lowest BCUT2D eigenvalue weighted by Gasteiger charge is -2.38. The van der Waals surface area contributed by atoms with Gasteiger partial charge >= 0.3 is 29.8 Å². The second-order valence-corrected chi connectivity index (χ2v) is 32.6. The van der Waals surface area contributed by atoms with Crippen molar-refractivity contribution >= 4 is 99.5 Å². The van der Waals surface area contributed by atoms with Gasteiger partial charge in [0.05, 0.1) is 53.5 Å². The normalized spacial score (nSPS) is 18.4. The van der Waals surface area contributed by atoms with Crippen LogP contribution in [-0.4, -0.2) is 142 Å². The molecule has 121 heavy (non-hydrogen) atoms. The van der Waals surface area contributed by atoms with E-state index in [0.29, 0.717) is 82.2 Å². The number of fused-ring (bicyclic) bond motifs is 4. The van der Waals surface area contributed by atoms with Crippen LogP contribution in [-0.2, 0) is 91.1 Å². The van der Waals surface area contributed by atoms with Crippen molar-refractivity contribution in [2.24, 2.45) is 0 Å². The largest absolute Gasteiger partial charge is 0.481 e. The van der Waals surface area contributed by atoms with E-state index < -0.39 is 24.5 Å². The van der Waals surface area contributed by atoms with Gasteiger partial charge in [0, 0.05) is 68.4 Å². The summed E-state index contributed by atoms with van der Waals surface area (Å²) >= 11 is 35.4. The summed E-state index contributed by atoms with van der Waals surface area (Å²) in [6.07, 6.45) is 13.3. The minimum atomic E-state index is -1.14. The van der Waals surface area contributed by atoms with Crippen molar-refractivity contribution in [2.75, 3.05) is 55.3 Å². The molecule has 10 aromatic rings. The Morgan fingerprint density at radius 1 is 0.463 bits per heavy atom. The molecule has 5 saturated heterocycles. The van der Waals surface area contributed by atoms with Gasteiger partial charge in [0.25, 0.3) is 0 Å². The molecule has 644 valence electrons. The molecule has 2 N–H and O–H groups in total. The van der Waals surface area contributed by atoms with E-state index in [1.807, 2.05) is 255 Å². The van der Waals surface area contributed by atoms with Gasteiger partial charge in [-0.15, -0.1) is 11.6 Å². The summed E-state index contributed by atoms with van der Waals surface area (Å²) in [5.41, 5.74) is 8.33. The van der Waals surface area contributed by atoms with Gasteiger partial charge in [0.15, 0.2) is 0 Å². The average Bonchev–Trinajstić information content (AvgIpc) is 1.30. The Morgan fingerprint density at radius 2 is 0.793 bits per heavy atom. The van der Waals surface area contributed by atoms with E-state index in [1.54, 1.807) is 18.2 Å². The number of aliphatic hydroxyl groups excluding tert-OH is 1. The number of carbonyl (C=O) groups excluding carboxylic acids is 4. The maximum atomic E-state index is 13.5. The number of aliphatic carboxylic acids is 1. The van der Waals surface area contributed by atoms with Crippen molar-refractivity contribution in [3.8, 4) is 0 Å². The number of alkyl halides is 2. The average molecular weight is 1770 g/mol. The van der Waals surface area contributed by atoms with E-state index in [1.165, 1.54) is 52.7 Å². The van der Waals surface area contributed by atoms with Gasteiger partial charge in [-0.3, -0.25) is 28.4 Å². The highest BCUT2D eigenvalue weighted by Crippen LogP contribution is 2.40. The molecule has 5 heterocycles. The molecular formula is C100H113Cl6FN2O12. The first-order chi connectivity index (χ1) is 58.5. The number of carboxylic acid groups (broad SMARTS) is 1. The zero-order valence-electron chi connectivity index (χ0n) is 69.3. The molecule has 0 spiro atoms. The predicted molar refractivity (Wildman–Crippen MR) is 487 cm³/mol. The topological polar surface area (TPSA) is 178 Å². The summed E-state index contributed by atoms with van der Waals surface area (Å²) in [5.74, 6) is -2.32. The lowest BCUT2D eigenvalue weighted by atomic mass is 9.76. The van der Waals surface area contributed by atoms with E-state index in [2.05, 4.69) is 28.6 Å². The van der Waals surface area contributed by atoms with Crippen molar-refractivity contribution in [1.82, 2.24) is 9.80 Å². The zero-order chi connectivity index (χ0) is 86.9. The molecule has 10 aromatic carbocycles. The first-order valence-electron chi connectivity index (χ1n) is 41.1. The standard InChI is InChI=1S/C24H28ClNO3.C23H26ClNO2.C16H15ClO2.C15H13ClO2.C9H10O2.C7H6Cl2.C4H8O.CH3F.CH4/c1-26-20-10-11-21(26)14-22(13-20)29-23(28)24(16-27,18-7-3-2-4-8-18)15-17-6-5-9-19(25)12-17;1-25-19-10-11-20(25)15-21(14-19)27-23(26)22(17-7-3-2-4-8-17)13-16-6-5-9-18(24)12-16;1-19-16(18)15(13-7-3-2-4-8-13)11-12-6-5-9-14(17)10-12;16-13-8-4-5-11(9-13)10-14(15(17)18)12-6-2-1-3-7-12;1-11-9(10)7-8-5-3-2-4-6-8;8-5-6-2-1-3-7(9)4-6;1-2-4-5-3-1;1-2;/h2-9,12,20-22,27H,10-11,13-16H2,1H3;2-9,12,19-22H,10-11,13-15H2,1H3;2-10,15H,11H2,1H3;1-9,14H,10H2,(H,17,18);2-6H,7H2,1H3;1-4H,5H2;1-4H2;1H3;1H4/i;;;;;;;1D;.